The summed E-state index contributed by atoms with van der Waals surface area (Å²) in [7, 11) is 0. The normalized spacial score (nSPS) is 12.2. The van der Waals surface area contributed by atoms with Crippen molar-refractivity contribution in [2.24, 2.45) is 5.92 Å². The highest BCUT2D eigenvalue weighted by molar-refractivity contribution is 7.20. The number of ether oxygens (including phenoxy) is 2. The molecule has 0 radical (unpaired) electrons. The van der Waals surface area contributed by atoms with Gasteiger partial charge in [0.1, 0.15) is 15.7 Å². The van der Waals surface area contributed by atoms with Crippen molar-refractivity contribution in [3.8, 4) is 0 Å². The second kappa shape index (κ2) is 9.87. The van der Waals surface area contributed by atoms with E-state index in [1.807, 2.05) is 44.2 Å². The van der Waals surface area contributed by atoms with Crippen LogP contribution in [0.3, 0.4) is 0 Å². The molecule has 0 aliphatic rings. The molecule has 164 valence electrons. The molecule has 1 aromatic carbocycles. The minimum Gasteiger partial charge on any atom is -0.464 e. The van der Waals surface area contributed by atoms with E-state index in [9.17, 15) is 14.4 Å². The number of rotatable bonds is 8. The van der Waals surface area contributed by atoms with Crippen LogP contribution in [-0.4, -0.2) is 34.7 Å². The number of benzene rings is 1. The molecule has 0 amide bonds. The number of aryl methyl sites for hydroxylation is 1. The largest absolute Gasteiger partial charge is 0.464 e. The van der Waals surface area contributed by atoms with E-state index in [2.05, 4.69) is 4.98 Å². The Morgan fingerprint density at radius 2 is 1.84 bits per heavy atom. The lowest BCUT2D eigenvalue weighted by Gasteiger charge is -2.15. The summed E-state index contributed by atoms with van der Waals surface area (Å²) in [6.45, 7) is 7.69. The van der Waals surface area contributed by atoms with Crippen LogP contribution in [-0.2, 0) is 20.7 Å². The van der Waals surface area contributed by atoms with Crippen molar-refractivity contribution in [1.82, 2.24) is 9.55 Å². The molecule has 8 heteroatoms. The van der Waals surface area contributed by atoms with Crippen LogP contribution in [0, 0.1) is 12.8 Å². The van der Waals surface area contributed by atoms with Gasteiger partial charge in [-0.25, -0.2) is 14.6 Å². The van der Waals surface area contributed by atoms with E-state index in [4.69, 9.17) is 9.47 Å². The minimum atomic E-state index is -0.816. The Morgan fingerprint density at radius 3 is 2.52 bits per heavy atom. The predicted octanol–water partition coefficient (Wildman–Crippen LogP) is 3.93. The first-order chi connectivity index (χ1) is 14.8. The van der Waals surface area contributed by atoms with Crippen molar-refractivity contribution in [2.75, 3.05) is 13.2 Å². The fraction of sp³-hybridized carbons (Fsp3) is 0.391. The van der Waals surface area contributed by atoms with E-state index in [1.165, 1.54) is 10.9 Å². The lowest BCUT2D eigenvalue weighted by atomic mass is 10.2. The van der Waals surface area contributed by atoms with Gasteiger partial charge < -0.3 is 9.47 Å². The highest BCUT2D eigenvalue weighted by atomic mass is 32.1. The molecule has 31 heavy (non-hydrogen) atoms. The summed E-state index contributed by atoms with van der Waals surface area (Å²) in [5, 5.41) is 0.325. The molecule has 0 fully saturated rings. The summed E-state index contributed by atoms with van der Waals surface area (Å²) in [5.41, 5.74) is 1.21. The van der Waals surface area contributed by atoms with Crippen molar-refractivity contribution in [3.63, 3.8) is 0 Å². The zero-order chi connectivity index (χ0) is 22.5. The number of esters is 2. The molecular weight excluding hydrogens is 416 g/mol. The van der Waals surface area contributed by atoms with E-state index in [1.54, 1.807) is 13.8 Å². The van der Waals surface area contributed by atoms with Gasteiger partial charge in [0.2, 0.25) is 0 Å². The van der Waals surface area contributed by atoms with E-state index in [0.29, 0.717) is 27.1 Å². The second-order valence-corrected chi connectivity index (χ2v) is 8.76. The van der Waals surface area contributed by atoms with Gasteiger partial charge in [0.25, 0.3) is 5.56 Å². The van der Waals surface area contributed by atoms with Crippen LogP contribution in [0.4, 0.5) is 0 Å². The van der Waals surface area contributed by atoms with Gasteiger partial charge in [-0.1, -0.05) is 44.2 Å². The van der Waals surface area contributed by atoms with E-state index in [-0.39, 0.29) is 24.7 Å². The molecule has 1 unspecified atom stereocenters. The van der Waals surface area contributed by atoms with E-state index in [0.717, 1.165) is 16.9 Å². The van der Waals surface area contributed by atoms with Crippen molar-refractivity contribution in [2.45, 2.75) is 40.2 Å². The Bertz CT molecular complexity index is 1130. The smallest absolute Gasteiger partial charge is 0.348 e. The molecular formula is C23H26N2O5S. The molecule has 7 nitrogen and oxygen atoms in total. The molecule has 0 aliphatic heterocycles. The molecule has 0 saturated heterocycles. The van der Waals surface area contributed by atoms with Crippen LogP contribution < -0.4 is 5.56 Å². The van der Waals surface area contributed by atoms with Crippen LogP contribution >= 0.6 is 11.3 Å². The third-order valence-corrected chi connectivity index (χ3v) is 6.03. The van der Waals surface area contributed by atoms with Gasteiger partial charge in [-0.05, 0) is 30.9 Å². The molecule has 0 N–H and O–H groups in total. The van der Waals surface area contributed by atoms with Gasteiger partial charge in [0.05, 0.1) is 24.9 Å². The van der Waals surface area contributed by atoms with Crippen LogP contribution in [0.1, 0.15) is 47.6 Å². The molecule has 0 spiro atoms. The lowest BCUT2D eigenvalue weighted by Crippen LogP contribution is -2.30. The van der Waals surface area contributed by atoms with Crippen LogP contribution in [0.15, 0.2) is 41.5 Å². The van der Waals surface area contributed by atoms with Gasteiger partial charge in [0.15, 0.2) is 0 Å². The van der Waals surface area contributed by atoms with Crippen LogP contribution in [0.2, 0.25) is 0 Å². The highest BCUT2D eigenvalue weighted by Crippen LogP contribution is 2.28. The Morgan fingerprint density at radius 1 is 1.13 bits per heavy atom. The first kappa shape index (κ1) is 22.7. The number of carbonyl (C=O) groups excluding carboxylic acids is 2. The number of aromatic nitrogens is 2. The van der Waals surface area contributed by atoms with Crippen molar-refractivity contribution < 1.29 is 19.1 Å². The number of fused-ring (bicyclic) bond motifs is 1. The monoisotopic (exact) mass is 442 g/mol. The Hall–Kier alpha value is -3.00. The Balaban J connectivity index is 1.78. The summed E-state index contributed by atoms with van der Waals surface area (Å²) < 4.78 is 11.9. The van der Waals surface area contributed by atoms with Crippen LogP contribution in [0.5, 0.6) is 0 Å². The molecule has 3 rings (SSSR count). The minimum absolute atomic E-state index is 0.197. The molecule has 0 saturated carbocycles. The van der Waals surface area contributed by atoms with Crippen molar-refractivity contribution >= 4 is 33.5 Å². The SMILES string of the molecule is Cc1c(C(=O)OCCc2ccccc2)sc2ncn(C(C)C(=O)OCC(C)C)c(=O)c12. The number of carbonyl (C=O) groups is 2. The Kier molecular flexibility index (Phi) is 7.22. The quantitative estimate of drug-likeness (QED) is 0.491. The maximum absolute atomic E-state index is 13.0. The summed E-state index contributed by atoms with van der Waals surface area (Å²) in [6, 6.07) is 8.92. The average molecular weight is 443 g/mol. The maximum Gasteiger partial charge on any atom is 0.348 e. The second-order valence-electron chi connectivity index (χ2n) is 7.76. The molecule has 2 heterocycles. The standard InChI is InChI=1S/C23H26N2O5S/c1-14(2)12-30-22(27)16(4)25-13-24-20-18(21(25)26)15(3)19(31-20)23(28)29-11-10-17-8-6-5-7-9-17/h5-9,13-14,16H,10-12H2,1-4H3. The third kappa shape index (κ3) is 5.19. The number of hydrogen-bond acceptors (Lipinski definition) is 7. The summed E-state index contributed by atoms with van der Waals surface area (Å²) in [4.78, 5) is 43.0. The van der Waals surface area contributed by atoms with Gasteiger partial charge in [0, 0.05) is 6.42 Å². The third-order valence-electron chi connectivity index (χ3n) is 4.85. The first-order valence-corrected chi connectivity index (χ1v) is 11.0. The molecule has 3 aromatic rings. The number of thiophene rings is 1. The zero-order valence-corrected chi connectivity index (χ0v) is 18.9. The molecule has 0 aliphatic carbocycles. The van der Waals surface area contributed by atoms with Gasteiger partial charge in [-0.3, -0.25) is 9.36 Å². The Labute approximate surface area is 184 Å². The topological polar surface area (TPSA) is 87.5 Å². The average Bonchev–Trinajstić information content (AvgIpc) is 3.09. The summed E-state index contributed by atoms with van der Waals surface area (Å²) >= 11 is 1.12. The lowest BCUT2D eigenvalue weighted by molar-refractivity contribution is -0.148. The zero-order valence-electron chi connectivity index (χ0n) is 18.1. The fourth-order valence-electron chi connectivity index (χ4n) is 3.06. The van der Waals surface area contributed by atoms with Gasteiger partial charge in [-0.2, -0.15) is 0 Å². The molecule has 1 atom stereocenters. The highest BCUT2D eigenvalue weighted by Gasteiger charge is 2.24. The fourth-order valence-corrected chi connectivity index (χ4v) is 4.10. The number of hydrogen-bond donors (Lipinski definition) is 0. The van der Waals surface area contributed by atoms with Crippen LogP contribution in [0.25, 0.3) is 10.2 Å². The van der Waals surface area contributed by atoms with Crippen molar-refractivity contribution in [3.05, 3.63) is 63.0 Å². The first-order valence-electron chi connectivity index (χ1n) is 10.2. The maximum atomic E-state index is 13.0. The molecule has 0 bridgehead atoms. The van der Waals surface area contributed by atoms with Gasteiger partial charge >= 0.3 is 11.9 Å². The van der Waals surface area contributed by atoms with Crippen molar-refractivity contribution in [1.29, 1.82) is 0 Å². The summed E-state index contributed by atoms with van der Waals surface area (Å²) in [5.74, 6) is -0.778. The van der Waals surface area contributed by atoms with Gasteiger partial charge in [-0.15, -0.1) is 11.3 Å². The predicted molar refractivity (Wildman–Crippen MR) is 120 cm³/mol. The van der Waals surface area contributed by atoms with E-state index >= 15 is 0 Å². The molecule has 2 aromatic heterocycles. The summed E-state index contributed by atoms with van der Waals surface area (Å²) in [6.07, 6.45) is 1.93. The number of nitrogens with zero attached hydrogens (tertiary/aromatic N) is 2. The van der Waals surface area contributed by atoms with E-state index < -0.39 is 18.0 Å².